The fourth-order valence-corrected chi connectivity index (χ4v) is 3.09. The molecular weight excluding hydrogens is 276 g/mol. The zero-order valence-corrected chi connectivity index (χ0v) is 13.6. The first-order valence-electron chi connectivity index (χ1n) is 8.23. The summed E-state index contributed by atoms with van der Waals surface area (Å²) in [5.41, 5.74) is 7.07. The topological polar surface area (TPSA) is 70.4 Å². The van der Waals surface area contributed by atoms with E-state index < -0.39 is 6.03 Å². The van der Waals surface area contributed by atoms with Gasteiger partial charge >= 0.3 is 6.03 Å². The Labute approximate surface area is 133 Å². The quantitative estimate of drug-likeness (QED) is 0.757. The number of urea groups is 1. The highest BCUT2D eigenvalue weighted by atomic mass is 16.2. The lowest BCUT2D eigenvalue weighted by atomic mass is 10.0. The van der Waals surface area contributed by atoms with Crippen molar-refractivity contribution in [1.29, 1.82) is 0 Å². The van der Waals surface area contributed by atoms with Gasteiger partial charge in [0.1, 0.15) is 0 Å². The van der Waals surface area contributed by atoms with E-state index in [4.69, 9.17) is 5.73 Å². The number of hydrogen-bond acceptors (Lipinski definition) is 3. The number of primary amides is 1. The van der Waals surface area contributed by atoms with Crippen LogP contribution in [0.1, 0.15) is 44.7 Å². The SMILES string of the molecule is CCCN1CCC(NC(C)c2ccc(NC(N)=O)cc2)CC1. The molecule has 1 aromatic carbocycles. The Balaban J connectivity index is 1.82. The Hall–Kier alpha value is -1.59. The van der Waals surface area contributed by atoms with Gasteiger partial charge in [-0.25, -0.2) is 4.79 Å². The van der Waals surface area contributed by atoms with E-state index in [1.807, 2.05) is 24.3 Å². The van der Waals surface area contributed by atoms with E-state index in [2.05, 4.69) is 29.4 Å². The maximum atomic E-state index is 10.8. The van der Waals surface area contributed by atoms with Gasteiger partial charge in [-0.3, -0.25) is 0 Å². The molecule has 1 unspecified atom stereocenters. The molecule has 0 bridgehead atoms. The van der Waals surface area contributed by atoms with Crippen LogP contribution in [0.25, 0.3) is 0 Å². The van der Waals surface area contributed by atoms with E-state index in [0.717, 1.165) is 5.69 Å². The van der Waals surface area contributed by atoms with Gasteiger partial charge in [-0.15, -0.1) is 0 Å². The molecule has 0 aliphatic carbocycles. The summed E-state index contributed by atoms with van der Waals surface area (Å²) in [6, 6.07) is 8.23. The summed E-state index contributed by atoms with van der Waals surface area (Å²) >= 11 is 0. The molecule has 5 heteroatoms. The molecule has 1 saturated heterocycles. The largest absolute Gasteiger partial charge is 0.351 e. The average molecular weight is 304 g/mol. The van der Waals surface area contributed by atoms with Crippen molar-refractivity contribution in [3.05, 3.63) is 29.8 Å². The molecule has 0 radical (unpaired) electrons. The minimum absolute atomic E-state index is 0.311. The zero-order chi connectivity index (χ0) is 15.9. The van der Waals surface area contributed by atoms with E-state index in [1.165, 1.54) is 44.5 Å². The van der Waals surface area contributed by atoms with E-state index in [9.17, 15) is 4.79 Å². The maximum Gasteiger partial charge on any atom is 0.316 e. The van der Waals surface area contributed by atoms with Gasteiger partial charge in [-0.1, -0.05) is 19.1 Å². The zero-order valence-electron chi connectivity index (χ0n) is 13.6. The summed E-state index contributed by atoms with van der Waals surface area (Å²) in [5.74, 6) is 0. The summed E-state index contributed by atoms with van der Waals surface area (Å²) in [4.78, 5) is 13.4. The Morgan fingerprint density at radius 3 is 2.50 bits per heavy atom. The number of rotatable bonds is 6. The summed E-state index contributed by atoms with van der Waals surface area (Å²) in [6.45, 7) is 8.04. The number of carbonyl (C=O) groups excluding carboxylic acids is 1. The highest BCUT2D eigenvalue weighted by Crippen LogP contribution is 2.19. The maximum absolute atomic E-state index is 10.8. The predicted molar refractivity (Wildman–Crippen MR) is 91.0 cm³/mol. The highest BCUT2D eigenvalue weighted by Gasteiger charge is 2.20. The van der Waals surface area contributed by atoms with E-state index in [1.54, 1.807) is 0 Å². The van der Waals surface area contributed by atoms with Crippen LogP contribution in [0.5, 0.6) is 0 Å². The van der Waals surface area contributed by atoms with E-state index >= 15 is 0 Å². The molecule has 1 aromatic rings. The van der Waals surface area contributed by atoms with Crippen molar-refractivity contribution >= 4 is 11.7 Å². The van der Waals surface area contributed by atoms with Gasteiger partial charge in [0, 0.05) is 17.8 Å². The lowest BCUT2D eigenvalue weighted by Gasteiger charge is -2.33. The number of piperidine rings is 1. The lowest BCUT2D eigenvalue weighted by Crippen LogP contribution is -2.43. The van der Waals surface area contributed by atoms with Crippen LogP contribution in [0, 0.1) is 0 Å². The average Bonchev–Trinajstić information content (AvgIpc) is 2.49. The molecule has 0 aromatic heterocycles. The Morgan fingerprint density at radius 2 is 1.95 bits per heavy atom. The second-order valence-electron chi connectivity index (χ2n) is 6.12. The number of benzene rings is 1. The van der Waals surface area contributed by atoms with Crippen molar-refractivity contribution in [1.82, 2.24) is 10.2 Å². The second kappa shape index (κ2) is 8.15. The molecule has 2 amide bonds. The Kier molecular flexibility index (Phi) is 6.21. The van der Waals surface area contributed by atoms with Gasteiger partial charge in [0.2, 0.25) is 0 Å². The van der Waals surface area contributed by atoms with Crippen LogP contribution in [-0.2, 0) is 0 Å². The lowest BCUT2D eigenvalue weighted by molar-refractivity contribution is 0.192. The van der Waals surface area contributed by atoms with Crippen LogP contribution < -0.4 is 16.4 Å². The number of nitrogens with one attached hydrogen (secondary N) is 2. The summed E-state index contributed by atoms with van der Waals surface area (Å²) in [6.07, 6.45) is 3.66. The molecule has 22 heavy (non-hydrogen) atoms. The summed E-state index contributed by atoms with van der Waals surface area (Å²) in [5, 5.41) is 6.30. The van der Waals surface area contributed by atoms with Crippen LogP contribution in [0.3, 0.4) is 0 Å². The molecule has 1 aliphatic rings. The standard InChI is InChI=1S/C17H28N4O/c1-3-10-21-11-8-16(9-12-21)19-13(2)14-4-6-15(7-5-14)20-17(18)22/h4-7,13,16,19H,3,8-12H2,1-2H3,(H3,18,20,22). The number of likely N-dealkylation sites (tertiary alicyclic amines) is 1. The minimum Gasteiger partial charge on any atom is -0.351 e. The molecule has 4 N–H and O–H groups in total. The van der Waals surface area contributed by atoms with Crippen molar-refractivity contribution in [2.24, 2.45) is 5.73 Å². The molecule has 1 atom stereocenters. The van der Waals surface area contributed by atoms with Gasteiger partial charge < -0.3 is 21.3 Å². The Morgan fingerprint density at radius 1 is 1.32 bits per heavy atom. The molecule has 0 saturated carbocycles. The van der Waals surface area contributed by atoms with Gasteiger partial charge in [-0.2, -0.15) is 0 Å². The Bertz CT molecular complexity index is 466. The first kappa shape index (κ1) is 16.8. The molecule has 5 nitrogen and oxygen atoms in total. The minimum atomic E-state index is -0.530. The highest BCUT2D eigenvalue weighted by molar-refractivity contribution is 5.87. The van der Waals surface area contributed by atoms with Crippen molar-refractivity contribution < 1.29 is 4.79 Å². The summed E-state index contributed by atoms with van der Waals surface area (Å²) in [7, 11) is 0. The third kappa shape index (κ3) is 5.00. The number of hydrogen-bond donors (Lipinski definition) is 3. The molecule has 122 valence electrons. The van der Waals surface area contributed by atoms with E-state index in [-0.39, 0.29) is 0 Å². The summed E-state index contributed by atoms with van der Waals surface area (Å²) < 4.78 is 0. The van der Waals surface area contributed by atoms with Crippen molar-refractivity contribution in [2.45, 2.75) is 45.2 Å². The van der Waals surface area contributed by atoms with Crippen molar-refractivity contribution in [2.75, 3.05) is 25.0 Å². The predicted octanol–water partition coefficient (Wildman–Crippen LogP) is 2.70. The van der Waals surface area contributed by atoms with Crippen LogP contribution in [0.4, 0.5) is 10.5 Å². The van der Waals surface area contributed by atoms with Crippen molar-refractivity contribution in [3.63, 3.8) is 0 Å². The van der Waals surface area contributed by atoms with Crippen LogP contribution >= 0.6 is 0 Å². The molecule has 0 spiro atoms. The number of carbonyl (C=O) groups is 1. The van der Waals surface area contributed by atoms with Gasteiger partial charge in [0.05, 0.1) is 0 Å². The third-order valence-electron chi connectivity index (χ3n) is 4.29. The monoisotopic (exact) mass is 304 g/mol. The van der Waals surface area contributed by atoms with Crippen LogP contribution in [-0.4, -0.2) is 36.6 Å². The first-order chi connectivity index (χ1) is 10.6. The molecule has 1 heterocycles. The molecule has 1 aliphatic heterocycles. The number of nitrogens with two attached hydrogens (primary N) is 1. The fourth-order valence-electron chi connectivity index (χ4n) is 3.09. The first-order valence-corrected chi connectivity index (χ1v) is 8.23. The third-order valence-corrected chi connectivity index (χ3v) is 4.29. The normalized spacial score (nSPS) is 18.1. The van der Waals surface area contributed by atoms with Gasteiger partial charge in [-0.05, 0) is 63.5 Å². The number of anilines is 1. The second-order valence-corrected chi connectivity index (χ2v) is 6.12. The smallest absolute Gasteiger partial charge is 0.316 e. The van der Waals surface area contributed by atoms with Gasteiger partial charge in [0.15, 0.2) is 0 Å². The van der Waals surface area contributed by atoms with Crippen molar-refractivity contribution in [3.8, 4) is 0 Å². The fraction of sp³-hybridized carbons (Fsp3) is 0.588. The molecule has 1 fully saturated rings. The number of nitrogens with zero attached hydrogens (tertiary/aromatic N) is 1. The van der Waals surface area contributed by atoms with Gasteiger partial charge in [0.25, 0.3) is 0 Å². The van der Waals surface area contributed by atoms with E-state index in [0.29, 0.717) is 12.1 Å². The number of amides is 2. The molecule has 2 rings (SSSR count). The van der Waals surface area contributed by atoms with Crippen LogP contribution in [0.2, 0.25) is 0 Å². The molecular formula is C17H28N4O. The van der Waals surface area contributed by atoms with Crippen LogP contribution in [0.15, 0.2) is 24.3 Å².